The van der Waals surface area contributed by atoms with Crippen molar-refractivity contribution in [3.8, 4) is 0 Å². The van der Waals surface area contributed by atoms with E-state index in [4.69, 9.17) is 5.73 Å². The van der Waals surface area contributed by atoms with E-state index in [0.717, 1.165) is 13.1 Å². The van der Waals surface area contributed by atoms with E-state index in [2.05, 4.69) is 10.2 Å². The molecule has 0 spiro atoms. The maximum Gasteiger partial charge on any atom is 0.224 e. The summed E-state index contributed by atoms with van der Waals surface area (Å²) >= 11 is 0. The van der Waals surface area contributed by atoms with Crippen molar-refractivity contribution in [2.75, 3.05) is 26.2 Å². The summed E-state index contributed by atoms with van der Waals surface area (Å²) < 4.78 is 0. The van der Waals surface area contributed by atoms with Crippen LogP contribution in [0.25, 0.3) is 0 Å². The molecule has 1 aliphatic rings. The molecule has 1 saturated heterocycles. The molecule has 1 aliphatic heterocycles. The first-order valence-electron chi connectivity index (χ1n) is 6.87. The van der Waals surface area contributed by atoms with E-state index in [1.165, 1.54) is 38.8 Å². The number of likely N-dealkylation sites (tertiary alicyclic amines) is 1. The van der Waals surface area contributed by atoms with Gasteiger partial charge in [-0.2, -0.15) is 0 Å². The summed E-state index contributed by atoms with van der Waals surface area (Å²) in [4.78, 5) is 14.1. The molecular formula is C13H27N3O. The summed E-state index contributed by atoms with van der Waals surface area (Å²) in [5, 5.41) is 2.97. The number of amides is 1. The Morgan fingerprint density at radius 1 is 1.24 bits per heavy atom. The van der Waals surface area contributed by atoms with Crippen molar-refractivity contribution in [1.82, 2.24) is 10.2 Å². The number of nitrogens with two attached hydrogens (primary N) is 1. The number of rotatable bonds is 5. The monoisotopic (exact) mass is 241 g/mol. The van der Waals surface area contributed by atoms with Crippen molar-refractivity contribution < 1.29 is 4.79 Å². The number of hydrogen-bond donors (Lipinski definition) is 2. The Hall–Kier alpha value is -0.610. The van der Waals surface area contributed by atoms with Gasteiger partial charge in [0.15, 0.2) is 0 Å². The van der Waals surface area contributed by atoms with Crippen LogP contribution in [0.3, 0.4) is 0 Å². The third-order valence-electron chi connectivity index (χ3n) is 3.63. The molecule has 1 fully saturated rings. The Kier molecular flexibility index (Phi) is 6.52. The third-order valence-corrected chi connectivity index (χ3v) is 3.63. The van der Waals surface area contributed by atoms with Crippen molar-refractivity contribution in [2.45, 2.75) is 45.6 Å². The van der Waals surface area contributed by atoms with Gasteiger partial charge in [0, 0.05) is 25.0 Å². The Balaban J connectivity index is 2.15. The van der Waals surface area contributed by atoms with Crippen LogP contribution in [0.15, 0.2) is 0 Å². The molecule has 4 nitrogen and oxygen atoms in total. The highest BCUT2D eigenvalue weighted by Gasteiger charge is 2.16. The zero-order chi connectivity index (χ0) is 12.7. The molecule has 0 bridgehead atoms. The van der Waals surface area contributed by atoms with E-state index in [1.807, 2.05) is 13.8 Å². The summed E-state index contributed by atoms with van der Waals surface area (Å²) in [6.45, 7) is 7.83. The van der Waals surface area contributed by atoms with Crippen molar-refractivity contribution in [2.24, 2.45) is 11.7 Å². The van der Waals surface area contributed by atoms with Crippen molar-refractivity contribution >= 4 is 5.91 Å². The Morgan fingerprint density at radius 3 is 2.35 bits per heavy atom. The minimum absolute atomic E-state index is 0.0758. The van der Waals surface area contributed by atoms with Crippen LogP contribution in [-0.4, -0.2) is 43.0 Å². The van der Waals surface area contributed by atoms with E-state index in [9.17, 15) is 4.79 Å². The van der Waals surface area contributed by atoms with Gasteiger partial charge in [-0.25, -0.2) is 0 Å². The van der Waals surface area contributed by atoms with Crippen LogP contribution in [0.4, 0.5) is 0 Å². The molecule has 0 aromatic rings. The lowest BCUT2D eigenvalue weighted by Crippen LogP contribution is -2.42. The summed E-state index contributed by atoms with van der Waals surface area (Å²) in [5.74, 6) is -0.0195. The van der Waals surface area contributed by atoms with E-state index in [-0.39, 0.29) is 17.9 Å². The van der Waals surface area contributed by atoms with Crippen molar-refractivity contribution in [3.05, 3.63) is 0 Å². The smallest absolute Gasteiger partial charge is 0.224 e. The van der Waals surface area contributed by atoms with Gasteiger partial charge in [0.05, 0.1) is 0 Å². The average Bonchev–Trinajstić information content (AvgIpc) is 2.56. The first-order chi connectivity index (χ1) is 8.11. The van der Waals surface area contributed by atoms with Gasteiger partial charge >= 0.3 is 0 Å². The van der Waals surface area contributed by atoms with Gasteiger partial charge in [-0.3, -0.25) is 4.79 Å². The second-order valence-electron chi connectivity index (χ2n) is 5.19. The SMILES string of the molecule is CC(N)C(C)C(=O)NCCN1CCCCCC1. The van der Waals surface area contributed by atoms with Gasteiger partial charge in [-0.05, 0) is 32.9 Å². The molecule has 0 aromatic heterocycles. The molecule has 17 heavy (non-hydrogen) atoms. The zero-order valence-electron chi connectivity index (χ0n) is 11.2. The highest BCUT2D eigenvalue weighted by molar-refractivity contribution is 5.78. The highest BCUT2D eigenvalue weighted by Crippen LogP contribution is 2.08. The van der Waals surface area contributed by atoms with Crippen LogP contribution in [0.5, 0.6) is 0 Å². The molecule has 2 atom stereocenters. The summed E-state index contributed by atoms with van der Waals surface area (Å²) in [7, 11) is 0. The van der Waals surface area contributed by atoms with Crippen molar-refractivity contribution in [1.29, 1.82) is 0 Å². The van der Waals surface area contributed by atoms with Gasteiger partial charge in [0.25, 0.3) is 0 Å². The standard InChI is InChI=1S/C13H27N3O/c1-11(12(2)14)13(17)15-7-10-16-8-5-3-4-6-9-16/h11-12H,3-10,14H2,1-2H3,(H,15,17). The predicted molar refractivity (Wildman–Crippen MR) is 70.7 cm³/mol. The molecule has 3 N–H and O–H groups in total. The highest BCUT2D eigenvalue weighted by atomic mass is 16.1. The lowest BCUT2D eigenvalue weighted by atomic mass is 10.0. The van der Waals surface area contributed by atoms with E-state index in [1.54, 1.807) is 0 Å². The minimum atomic E-state index is -0.0980. The Morgan fingerprint density at radius 2 is 1.82 bits per heavy atom. The van der Waals surface area contributed by atoms with E-state index in [0.29, 0.717) is 0 Å². The van der Waals surface area contributed by atoms with Gasteiger partial charge in [-0.1, -0.05) is 19.8 Å². The summed E-state index contributed by atoms with van der Waals surface area (Å²) in [6.07, 6.45) is 5.30. The molecule has 2 unspecified atom stereocenters. The predicted octanol–water partition coefficient (Wildman–Crippen LogP) is 0.962. The lowest BCUT2D eigenvalue weighted by molar-refractivity contribution is -0.124. The number of carbonyl (C=O) groups excluding carboxylic acids is 1. The summed E-state index contributed by atoms with van der Waals surface area (Å²) in [5.41, 5.74) is 5.70. The number of nitrogens with zero attached hydrogens (tertiary/aromatic N) is 1. The molecule has 0 saturated carbocycles. The fourth-order valence-corrected chi connectivity index (χ4v) is 2.10. The van der Waals surface area contributed by atoms with Gasteiger partial charge in [0.1, 0.15) is 0 Å². The van der Waals surface area contributed by atoms with E-state index >= 15 is 0 Å². The Bertz CT molecular complexity index is 223. The van der Waals surface area contributed by atoms with E-state index < -0.39 is 0 Å². The van der Waals surface area contributed by atoms with Gasteiger partial charge in [0.2, 0.25) is 5.91 Å². The van der Waals surface area contributed by atoms with Crippen LogP contribution in [0, 0.1) is 5.92 Å². The second kappa shape index (κ2) is 7.67. The minimum Gasteiger partial charge on any atom is -0.355 e. The molecule has 0 aromatic carbocycles. The molecule has 4 heteroatoms. The normalized spacial score (nSPS) is 21.6. The van der Waals surface area contributed by atoms with Crippen LogP contribution >= 0.6 is 0 Å². The maximum atomic E-state index is 11.7. The molecule has 0 aliphatic carbocycles. The number of nitrogens with one attached hydrogen (secondary N) is 1. The third kappa shape index (κ3) is 5.50. The quantitative estimate of drug-likeness (QED) is 0.754. The maximum absolute atomic E-state index is 11.7. The number of hydrogen-bond acceptors (Lipinski definition) is 3. The van der Waals surface area contributed by atoms with Crippen molar-refractivity contribution in [3.63, 3.8) is 0 Å². The lowest BCUT2D eigenvalue weighted by Gasteiger charge is -2.21. The topological polar surface area (TPSA) is 58.4 Å². The first-order valence-corrected chi connectivity index (χ1v) is 6.87. The second-order valence-corrected chi connectivity index (χ2v) is 5.19. The van der Waals surface area contributed by atoms with Crippen LogP contribution in [0.1, 0.15) is 39.5 Å². The number of carbonyl (C=O) groups is 1. The van der Waals surface area contributed by atoms with Crippen LogP contribution in [0.2, 0.25) is 0 Å². The van der Waals surface area contributed by atoms with Gasteiger partial charge < -0.3 is 16.0 Å². The first kappa shape index (κ1) is 14.5. The molecular weight excluding hydrogens is 214 g/mol. The van der Waals surface area contributed by atoms with Crippen LogP contribution < -0.4 is 11.1 Å². The fraction of sp³-hybridized carbons (Fsp3) is 0.923. The van der Waals surface area contributed by atoms with Gasteiger partial charge in [-0.15, -0.1) is 0 Å². The molecule has 0 radical (unpaired) electrons. The summed E-state index contributed by atoms with van der Waals surface area (Å²) in [6, 6.07) is -0.0758. The average molecular weight is 241 g/mol. The largest absolute Gasteiger partial charge is 0.355 e. The zero-order valence-corrected chi connectivity index (χ0v) is 11.2. The Labute approximate surface area is 105 Å². The molecule has 100 valence electrons. The fourth-order valence-electron chi connectivity index (χ4n) is 2.10. The van der Waals surface area contributed by atoms with Crippen LogP contribution in [-0.2, 0) is 4.79 Å². The molecule has 1 heterocycles. The molecule has 1 amide bonds. The molecule has 1 rings (SSSR count).